The van der Waals surface area contributed by atoms with Crippen molar-refractivity contribution in [1.82, 2.24) is 14.7 Å². The Balaban J connectivity index is 1.34. The second kappa shape index (κ2) is 8.64. The van der Waals surface area contributed by atoms with E-state index in [-0.39, 0.29) is 29.7 Å². The first-order chi connectivity index (χ1) is 13.6. The molecule has 3 amide bonds. The van der Waals surface area contributed by atoms with Gasteiger partial charge in [0.05, 0.1) is 5.56 Å². The summed E-state index contributed by atoms with van der Waals surface area (Å²) in [4.78, 5) is 44.1. The number of piperazine rings is 1. The molecule has 3 aliphatic rings. The molecule has 1 aromatic rings. The summed E-state index contributed by atoms with van der Waals surface area (Å²) in [5, 5.41) is 3.78. The zero-order chi connectivity index (χ0) is 19.5. The van der Waals surface area contributed by atoms with E-state index in [9.17, 15) is 14.4 Å². The number of rotatable bonds is 3. The Labute approximate surface area is 170 Å². The van der Waals surface area contributed by atoms with Crippen molar-refractivity contribution >= 4 is 29.1 Å². The first-order valence-electron chi connectivity index (χ1n) is 10.6. The highest BCUT2D eigenvalue weighted by Gasteiger charge is 2.39. The van der Waals surface area contributed by atoms with E-state index in [4.69, 9.17) is 0 Å². The summed E-state index contributed by atoms with van der Waals surface area (Å²) in [5.74, 6) is 0.427. The van der Waals surface area contributed by atoms with Crippen LogP contribution in [0.2, 0.25) is 0 Å². The molecule has 152 valence electrons. The minimum atomic E-state index is -0.298. The van der Waals surface area contributed by atoms with Crippen LogP contribution in [0.25, 0.3) is 0 Å². The largest absolute Gasteiger partial charge is 0.337 e. The topological polar surface area (TPSA) is 60.9 Å². The molecule has 6 nitrogen and oxygen atoms in total. The Kier molecular flexibility index (Phi) is 5.99. The van der Waals surface area contributed by atoms with E-state index in [2.05, 4.69) is 0 Å². The molecule has 7 heteroatoms. The molecule has 3 fully saturated rings. The lowest BCUT2D eigenvalue weighted by atomic mass is 9.88. The van der Waals surface area contributed by atoms with E-state index in [1.165, 1.54) is 17.8 Å². The molecule has 1 atom stereocenters. The van der Waals surface area contributed by atoms with Gasteiger partial charge in [-0.3, -0.25) is 14.4 Å². The molecule has 2 saturated heterocycles. The van der Waals surface area contributed by atoms with Gasteiger partial charge < -0.3 is 14.7 Å². The zero-order valence-electron chi connectivity index (χ0n) is 16.3. The normalized spacial score (nSPS) is 23.9. The number of thiophene rings is 1. The molecule has 28 heavy (non-hydrogen) atoms. The van der Waals surface area contributed by atoms with Gasteiger partial charge in [0.25, 0.3) is 5.91 Å². The van der Waals surface area contributed by atoms with Gasteiger partial charge >= 0.3 is 0 Å². The summed E-state index contributed by atoms with van der Waals surface area (Å²) in [7, 11) is 0. The molecule has 4 rings (SSSR count). The SMILES string of the molecule is O=C(c1ccsc1)N1CCN(C(=O)[C@@H]2CCCN2C(=O)C2CCCCC2)CC1. The van der Waals surface area contributed by atoms with Gasteiger partial charge in [-0.25, -0.2) is 0 Å². The molecule has 0 unspecified atom stereocenters. The van der Waals surface area contributed by atoms with Crippen LogP contribution in [0, 0.1) is 5.92 Å². The zero-order valence-corrected chi connectivity index (χ0v) is 17.2. The fourth-order valence-corrected chi connectivity index (χ4v) is 5.41. The van der Waals surface area contributed by atoms with Crippen LogP contribution < -0.4 is 0 Å². The molecule has 1 aromatic heterocycles. The first kappa shape index (κ1) is 19.4. The van der Waals surface area contributed by atoms with E-state index < -0.39 is 0 Å². The van der Waals surface area contributed by atoms with E-state index in [1.54, 1.807) is 0 Å². The number of carbonyl (C=O) groups excluding carboxylic acids is 3. The molecule has 0 N–H and O–H groups in total. The Bertz CT molecular complexity index is 706. The van der Waals surface area contributed by atoms with Crippen molar-refractivity contribution in [3.05, 3.63) is 22.4 Å². The van der Waals surface area contributed by atoms with E-state index in [1.807, 2.05) is 31.5 Å². The second-order valence-corrected chi connectivity index (χ2v) is 8.93. The average Bonchev–Trinajstić information content (AvgIpc) is 3.45. The van der Waals surface area contributed by atoms with Crippen LogP contribution >= 0.6 is 11.3 Å². The predicted molar refractivity (Wildman–Crippen MR) is 108 cm³/mol. The van der Waals surface area contributed by atoms with Crippen LogP contribution in [-0.4, -0.2) is 71.2 Å². The summed E-state index contributed by atoms with van der Waals surface area (Å²) in [6.07, 6.45) is 7.10. The van der Waals surface area contributed by atoms with E-state index in [0.717, 1.165) is 44.1 Å². The van der Waals surface area contributed by atoms with Crippen molar-refractivity contribution in [2.24, 2.45) is 5.92 Å². The first-order valence-corrected chi connectivity index (χ1v) is 11.5. The highest BCUT2D eigenvalue weighted by atomic mass is 32.1. The number of amides is 3. The Morgan fingerprint density at radius 2 is 1.54 bits per heavy atom. The van der Waals surface area contributed by atoms with Crippen molar-refractivity contribution < 1.29 is 14.4 Å². The number of nitrogens with zero attached hydrogens (tertiary/aromatic N) is 3. The highest BCUT2D eigenvalue weighted by molar-refractivity contribution is 7.08. The van der Waals surface area contributed by atoms with Crippen LogP contribution in [-0.2, 0) is 9.59 Å². The van der Waals surface area contributed by atoms with Crippen molar-refractivity contribution in [1.29, 1.82) is 0 Å². The van der Waals surface area contributed by atoms with Gasteiger partial charge in [0.2, 0.25) is 11.8 Å². The Hall–Kier alpha value is -1.89. The fraction of sp³-hybridized carbons (Fsp3) is 0.667. The second-order valence-electron chi connectivity index (χ2n) is 8.15. The fourth-order valence-electron chi connectivity index (χ4n) is 4.78. The lowest BCUT2D eigenvalue weighted by Crippen LogP contribution is -2.55. The number of hydrogen-bond donors (Lipinski definition) is 0. The van der Waals surface area contributed by atoms with Gasteiger partial charge in [-0.2, -0.15) is 11.3 Å². The molecular weight excluding hydrogens is 374 g/mol. The van der Waals surface area contributed by atoms with Gasteiger partial charge in [-0.15, -0.1) is 0 Å². The number of likely N-dealkylation sites (tertiary alicyclic amines) is 1. The molecule has 2 aliphatic heterocycles. The molecule has 3 heterocycles. The Morgan fingerprint density at radius 3 is 2.21 bits per heavy atom. The molecule has 1 saturated carbocycles. The van der Waals surface area contributed by atoms with Gasteiger partial charge in [0, 0.05) is 44.0 Å². The summed E-state index contributed by atoms with van der Waals surface area (Å²) >= 11 is 1.52. The quantitative estimate of drug-likeness (QED) is 0.779. The van der Waals surface area contributed by atoms with Crippen LogP contribution in [0.1, 0.15) is 55.3 Å². The maximum absolute atomic E-state index is 13.1. The van der Waals surface area contributed by atoms with Crippen molar-refractivity contribution in [3.63, 3.8) is 0 Å². The van der Waals surface area contributed by atoms with Crippen molar-refractivity contribution in [3.8, 4) is 0 Å². The molecule has 0 spiro atoms. The summed E-state index contributed by atoms with van der Waals surface area (Å²) < 4.78 is 0. The predicted octanol–water partition coefficient (Wildman–Crippen LogP) is 2.60. The van der Waals surface area contributed by atoms with E-state index >= 15 is 0 Å². The molecule has 0 aromatic carbocycles. The lowest BCUT2D eigenvalue weighted by Gasteiger charge is -2.38. The monoisotopic (exact) mass is 403 g/mol. The van der Waals surface area contributed by atoms with E-state index in [0.29, 0.717) is 32.7 Å². The molecular formula is C21H29N3O3S. The van der Waals surface area contributed by atoms with Crippen molar-refractivity contribution in [2.45, 2.75) is 51.0 Å². The maximum Gasteiger partial charge on any atom is 0.254 e. The third-order valence-corrected chi connectivity index (χ3v) is 7.11. The smallest absolute Gasteiger partial charge is 0.254 e. The van der Waals surface area contributed by atoms with Crippen LogP contribution in [0.3, 0.4) is 0 Å². The van der Waals surface area contributed by atoms with Gasteiger partial charge in [-0.05, 0) is 37.1 Å². The average molecular weight is 404 g/mol. The minimum Gasteiger partial charge on any atom is -0.337 e. The lowest BCUT2D eigenvalue weighted by molar-refractivity contribution is -0.147. The standard InChI is InChI=1S/C21H29N3O3S/c25-19(17-8-14-28-15-17)22-10-12-23(13-11-22)21(27)18-7-4-9-24(18)20(26)16-5-2-1-3-6-16/h8,14-16,18H,1-7,9-13H2/t18-/m0/s1. The van der Waals surface area contributed by atoms with Crippen LogP contribution in [0.5, 0.6) is 0 Å². The third kappa shape index (κ3) is 3.95. The third-order valence-electron chi connectivity index (χ3n) is 6.42. The summed E-state index contributed by atoms with van der Waals surface area (Å²) in [6.45, 7) is 2.93. The molecule has 0 bridgehead atoms. The van der Waals surface area contributed by atoms with Gasteiger partial charge in [0.1, 0.15) is 6.04 Å². The van der Waals surface area contributed by atoms with Gasteiger partial charge in [0.15, 0.2) is 0 Å². The Morgan fingerprint density at radius 1 is 0.821 bits per heavy atom. The number of carbonyl (C=O) groups is 3. The highest BCUT2D eigenvalue weighted by Crippen LogP contribution is 2.29. The molecule has 0 radical (unpaired) electrons. The summed E-state index contributed by atoms with van der Waals surface area (Å²) in [6, 6.07) is 1.55. The van der Waals surface area contributed by atoms with Gasteiger partial charge in [-0.1, -0.05) is 19.3 Å². The maximum atomic E-state index is 13.1. The van der Waals surface area contributed by atoms with Crippen LogP contribution in [0.4, 0.5) is 0 Å². The summed E-state index contributed by atoms with van der Waals surface area (Å²) in [5.41, 5.74) is 0.727. The minimum absolute atomic E-state index is 0.0447. The molecule has 1 aliphatic carbocycles. The van der Waals surface area contributed by atoms with Crippen molar-refractivity contribution in [2.75, 3.05) is 32.7 Å². The number of hydrogen-bond acceptors (Lipinski definition) is 4. The van der Waals surface area contributed by atoms with Crippen LogP contribution in [0.15, 0.2) is 16.8 Å².